The smallest absolute Gasteiger partial charge is 0.296 e. The normalized spacial score (nSPS) is 17.1. The van der Waals surface area contributed by atoms with Crippen molar-refractivity contribution in [3.63, 3.8) is 0 Å². The number of aromatic nitrogens is 1. The molecule has 0 aliphatic carbocycles. The summed E-state index contributed by atoms with van der Waals surface area (Å²) in [4.78, 5) is 31.6. The summed E-state index contributed by atoms with van der Waals surface area (Å²) in [7, 11) is 1.54. The average molecular weight is 477 g/mol. The molecule has 3 aromatic rings. The summed E-state index contributed by atoms with van der Waals surface area (Å²) < 4.78 is 16.9. The molecule has 1 aromatic carbocycles. The van der Waals surface area contributed by atoms with Crippen LogP contribution in [0.25, 0.3) is 5.76 Å². The summed E-state index contributed by atoms with van der Waals surface area (Å²) in [5, 5.41) is 11.1. The van der Waals surface area contributed by atoms with Crippen LogP contribution in [0.5, 0.6) is 11.5 Å². The van der Waals surface area contributed by atoms with E-state index in [-0.39, 0.29) is 17.9 Å². The molecule has 4 rings (SSSR count). The van der Waals surface area contributed by atoms with Gasteiger partial charge < -0.3 is 23.9 Å². The zero-order valence-corrected chi connectivity index (χ0v) is 19.8. The first-order valence-electron chi connectivity index (χ1n) is 11.6. The van der Waals surface area contributed by atoms with E-state index in [4.69, 9.17) is 13.9 Å². The summed E-state index contributed by atoms with van der Waals surface area (Å²) in [6.07, 6.45) is 7.61. The molecule has 0 bridgehead atoms. The van der Waals surface area contributed by atoms with E-state index in [2.05, 4.69) is 11.9 Å². The van der Waals surface area contributed by atoms with Gasteiger partial charge in [-0.3, -0.25) is 14.6 Å². The molecule has 1 atom stereocenters. The molecule has 1 aliphatic rings. The molecule has 0 radical (unpaired) electrons. The Morgan fingerprint density at radius 3 is 2.60 bits per heavy atom. The number of hydrogen-bond donors (Lipinski definition) is 1. The van der Waals surface area contributed by atoms with Crippen molar-refractivity contribution in [1.29, 1.82) is 0 Å². The molecule has 0 saturated carbocycles. The molecule has 1 saturated heterocycles. The minimum absolute atomic E-state index is 0.00794. The third kappa shape index (κ3) is 5.06. The van der Waals surface area contributed by atoms with Gasteiger partial charge in [-0.2, -0.15) is 0 Å². The molecule has 0 spiro atoms. The minimum Gasteiger partial charge on any atom is -0.507 e. The molecule has 3 heterocycles. The van der Waals surface area contributed by atoms with Crippen LogP contribution in [0.3, 0.4) is 0 Å². The zero-order chi connectivity index (χ0) is 24.8. The summed E-state index contributed by atoms with van der Waals surface area (Å²) in [5.41, 5.74) is 0.986. The maximum absolute atomic E-state index is 13.2. The Kier molecular flexibility index (Phi) is 7.50. The number of hydrogen-bond acceptors (Lipinski definition) is 7. The van der Waals surface area contributed by atoms with E-state index in [1.807, 2.05) is 0 Å². The highest BCUT2D eigenvalue weighted by atomic mass is 16.5. The Morgan fingerprint density at radius 1 is 1.11 bits per heavy atom. The summed E-state index contributed by atoms with van der Waals surface area (Å²) in [6, 6.07) is 11.0. The van der Waals surface area contributed by atoms with E-state index in [9.17, 15) is 14.7 Å². The van der Waals surface area contributed by atoms with Crippen LogP contribution in [0.4, 0.5) is 0 Å². The number of ether oxygens (including phenoxy) is 2. The van der Waals surface area contributed by atoms with Crippen molar-refractivity contribution >= 4 is 17.4 Å². The van der Waals surface area contributed by atoms with Gasteiger partial charge in [0.05, 0.1) is 38.1 Å². The van der Waals surface area contributed by atoms with Gasteiger partial charge in [-0.1, -0.05) is 25.8 Å². The van der Waals surface area contributed by atoms with Gasteiger partial charge in [0.25, 0.3) is 11.7 Å². The third-order valence-electron chi connectivity index (χ3n) is 5.91. The summed E-state index contributed by atoms with van der Waals surface area (Å²) in [5.74, 6) is -0.188. The third-order valence-corrected chi connectivity index (χ3v) is 5.91. The lowest BCUT2D eigenvalue weighted by Gasteiger charge is -2.25. The zero-order valence-electron chi connectivity index (χ0n) is 19.8. The molecular formula is C27H28N2O6. The molecule has 182 valence electrons. The van der Waals surface area contributed by atoms with Crippen molar-refractivity contribution in [3.8, 4) is 11.5 Å². The van der Waals surface area contributed by atoms with Crippen molar-refractivity contribution in [3.05, 3.63) is 83.6 Å². The number of carbonyl (C=O) groups excluding carboxylic acids is 2. The standard InChI is InChI=1S/C27H28N2O6/c1-3-4-5-14-35-21-9-8-19(16-22(21)33-2)24-23(25(30)18-10-12-28-13-11-18)26(31)27(32)29(24)17-20-7-6-15-34-20/h6-13,15-16,24,30H,3-5,14,17H2,1-2H3/b25-23+. The number of benzene rings is 1. The van der Waals surface area contributed by atoms with Crippen LogP contribution in [0.1, 0.15) is 49.1 Å². The van der Waals surface area contributed by atoms with Crippen LogP contribution in [0.2, 0.25) is 0 Å². The number of aliphatic hydroxyl groups excluding tert-OH is 1. The van der Waals surface area contributed by atoms with E-state index in [0.29, 0.717) is 35.0 Å². The molecule has 1 fully saturated rings. The fraction of sp³-hybridized carbons (Fsp3) is 0.296. The van der Waals surface area contributed by atoms with Gasteiger partial charge in [-0.15, -0.1) is 0 Å². The van der Waals surface area contributed by atoms with Gasteiger partial charge in [0.1, 0.15) is 11.5 Å². The lowest BCUT2D eigenvalue weighted by molar-refractivity contribution is -0.140. The monoisotopic (exact) mass is 476 g/mol. The Labute approximate surface area is 203 Å². The largest absolute Gasteiger partial charge is 0.507 e. The second-order valence-electron chi connectivity index (χ2n) is 8.21. The van der Waals surface area contributed by atoms with Gasteiger partial charge in [0.15, 0.2) is 11.5 Å². The summed E-state index contributed by atoms with van der Waals surface area (Å²) in [6.45, 7) is 2.75. The number of rotatable bonds is 10. The molecule has 8 nitrogen and oxygen atoms in total. The number of methoxy groups -OCH3 is 1. The number of likely N-dealkylation sites (tertiary alicyclic amines) is 1. The molecular weight excluding hydrogens is 448 g/mol. The molecule has 35 heavy (non-hydrogen) atoms. The van der Waals surface area contributed by atoms with E-state index in [1.165, 1.54) is 30.7 Å². The lowest BCUT2D eigenvalue weighted by atomic mass is 9.95. The second kappa shape index (κ2) is 10.9. The predicted octanol–water partition coefficient (Wildman–Crippen LogP) is 4.87. The maximum atomic E-state index is 13.2. The van der Waals surface area contributed by atoms with Gasteiger partial charge in [0.2, 0.25) is 0 Å². The Balaban J connectivity index is 1.77. The molecule has 1 amide bonds. The minimum atomic E-state index is -0.851. The van der Waals surface area contributed by atoms with Gasteiger partial charge in [0, 0.05) is 18.0 Å². The van der Waals surface area contributed by atoms with E-state index in [0.717, 1.165) is 19.3 Å². The molecule has 1 N–H and O–H groups in total. The van der Waals surface area contributed by atoms with Crippen LogP contribution in [-0.4, -0.2) is 40.4 Å². The number of furan rings is 1. The highest BCUT2D eigenvalue weighted by molar-refractivity contribution is 6.46. The van der Waals surface area contributed by atoms with Gasteiger partial charge >= 0.3 is 0 Å². The maximum Gasteiger partial charge on any atom is 0.296 e. The van der Waals surface area contributed by atoms with Crippen molar-refractivity contribution in [2.75, 3.05) is 13.7 Å². The Morgan fingerprint density at radius 2 is 1.91 bits per heavy atom. The highest BCUT2D eigenvalue weighted by Gasteiger charge is 2.46. The number of Topliss-reactive ketones (excluding diaryl/α,β-unsaturated/α-hetero) is 1. The van der Waals surface area contributed by atoms with Gasteiger partial charge in [-0.25, -0.2) is 0 Å². The topological polar surface area (TPSA) is 102 Å². The van der Waals surface area contributed by atoms with E-state index >= 15 is 0 Å². The van der Waals surface area contributed by atoms with Crippen LogP contribution in [0.15, 0.2) is 71.1 Å². The SMILES string of the molecule is CCCCCOc1ccc(C2/C(=C(\O)c3ccncc3)C(=O)C(=O)N2Cc2ccco2)cc1OC. The average Bonchev–Trinajstić information content (AvgIpc) is 3.49. The Bertz CT molecular complexity index is 1200. The number of ketones is 1. The number of aliphatic hydroxyl groups is 1. The van der Waals surface area contributed by atoms with Crippen molar-refractivity contribution < 1.29 is 28.6 Å². The van der Waals surface area contributed by atoms with Crippen LogP contribution in [-0.2, 0) is 16.1 Å². The second-order valence-corrected chi connectivity index (χ2v) is 8.21. The Hall–Kier alpha value is -4.07. The molecule has 1 unspecified atom stereocenters. The number of unbranched alkanes of at least 4 members (excludes halogenated alkanes) is 2. The first-order chi connectivity index (χ1) is 17.0. The first kappa shape index (κ1) is 24.1. The van der Waals surface area contributed by atoms with E-state index in [1.54, 1.807) is 42.5 Å². The van der Waals surface area contributed by atoms with Crippen molar-refractivity contribution in [2.45, 2.75) is 38.8 Å². The fourth-order valence-corrected chi connectivity index (χ4v) is 4.13. The van der Waals surface area contributed by atoms with E-state index < -0.39 is 17.7 Å². The first-order valence-corrected chi connectivity index (χ1v) is 11.6. The predicted molar refractivity (Wildman–Crippen MR) is 129 cm³/mol. The highest BCUT2D eigenvalue weighted by Crippen LogP contribution is 2.42. The van der Waals surface area contributed by atoms with Crippen molar-refractivity contribution in [2.24, 2.45) is 0 Å². The van der Waals surface area contributed by atoms with Gasteiger partial charge in [-0.05, 0) is 48.4 Å². The number of pyridine rings is 1. The van der Waals surface area contributed by atoms with Crippen LogP contribution < -0.4 is 9.47 Å². The number of carbonyl (C=O) groups is 2. The number of nitrogens with zero attached hydrogens (tertiary/aromatic N) is 2. The van der Waals surface area contributed by atoms with Crippen LogP contribution in [0, 0.1) is 0 Å². The quantitative estimate of drug-likeness (QED) is 0.193. The molecule has 1 aliphatic heterocycles. The molecule has 2 aromatic heterocycles. The fourth-order valence-electron chi connectivity index (χ4n) is 4.13. The number of amides is 1. The summed E-state index contributed by atoms with van der Waals surface area (Å²) >= 11 is 0. The van der Waals surface area contributed by atoms with Crippen LogP contribution >= 0.6 is 0 Å². The molecule has 8 heteroatoms. The van der Waals surface area contributed by atoms with Crippen molar-refractivity contribution in [1.82, 2.24) is 9.88 Å². The lowest BCUT2D eigenvalue weighted by Crippen LogP contribution is -2.29.